The molecule has 8 nitrogen and oxygen atoms in total. The molecule has 1 saturated heterocycles. The molecule has 0 spiro atoms. The minimum atomic E-state index is -0.0388. The molecule has 4 aromatic rings. The van der Waals surface area contributed by atoms with Crippen molar-refractivity contribution in [3.8, 4) is 5.69 Å². The number of nitrogens with zero attached hydrogens (tertiary/aromatic N) is 6. The molecular formula is C21H21N7O. The Morgan fingerprint density at radius 1 is 1.14 bits per heavy atom. The van der Waals surface area contributed by atoms with Gasteiger partial charge in [-0.15, -0.1) is 5.10 Å². The van der Waals surface area contributed by atoms with Crippen LogP contribution in [-0.4, -0.2) is 47.5 Å². The zero-order valence-electron chi connectivity index (χ0n) is 16.1. The van der Waals surface area contributed by atoms with Gasteiger partial charge in [0.05, 0.1) is 22.8 Å². The van der Waals surface area contributed by atoms with Gasteiger partial charge >= 0.3 is 0 Å². The Hall–Kier alpha value is -3.55. The summed E-state index contributed by atoms with van der Waals surface area (Å²) in [6.07, 6.45) is 4.53. The van der Waals surface area contributed by atoms with Gasteiger partial charge in [-0.2, -0.15) is 0 Å². The Morgan fingerprint density at radius 2 is 2.00 bits per heavy atom. The predicted molar refractivity (Wildman–Crippen MR) is 108 cm³/mol. The Balaban J connectivity index is 1.43. The van der Waals surface area contributed by atoms with Crippen molar-refractivity contribution >= 4 is 16.9 Å². The summed E-state index contributed by atoms with van der Waals surface area (Å²) >= 11 is 0. The highest BCUT2D eigenvalue weighted by atomic mass is 16.2. The van der Waals surface area contributed by atoms with Crippen molar-refractivity contribution in [2.24, 2.45) is 0 Å². The maximum absolute atomic E-state index is 13.3. The quantitative estimate of drug-likeness (QED) is 0.583. The molecule has 1 amide bonds. The van der Waals surface area contributed by atoms with Crippen LogP contribution in [0.2, 0.25) is 0 Å². The van der Waals surface area contributed by atoms with Crippen LogP contribution in [0, 0.1) is 6.92 Å². The van der Waals surface area contributed by atoms with Crippen molar-refractivity contribution in [3.63, 3.8) is 0 Å². The summed E-state index contributed by atoms with van der Waals surface area (Å²) in [7, 11) is 0. The molecule has 0 aliphatic carbocycles. The highest BCUT2D eigenvalue weighted by Crippen LogP contribution is 2.32. The molecule has 146 valence electrons. The number of hydrogen-bond donors (Lipinski definition) is 1. The van der Waals surface area contributed by atoms with E-state index in [1.54, 1.807) is 4.68 Å². The highest BCUT2D eigenvalue weighted by molar-refractivity contribution is 5.94. The average molecular weight is 387 g/mol. The minimum absolute atomic E-state index is 0.0228. The van der Waals surface area contributed by atoms with Crippen molar-refractivity contribution in [1.82, 2.24) is 35.1 Å². The summed E-state index contributed by atoms with van der Waals surface area (Å²) < 4.78 is 1.56. The number of tetrazole rings is 1. The Morgan fingerprint density at radius 3 is 2.79 bits per heavy atom. The van der Waals surface area contributed by atoms with E-state index in [0.717, 1.165) is 48.4 Å². The van der Waals surface area contributed by atoms with E-state index in [4.69, 9.17) is 4.98 Å². The van der Waals surface area contributed by atoms with Crippen LogP contribution in [0.15, 0.2) is 48.8 Å². The number of likely N-dealkylation sites (tertiary alicyclic amines) is 1. The number of rotatable bonds is 3. The molecule has 1 N–H and O–H groups in total. The van der Waals surface area contributed by atoms with Gasteiger partial charge in [-0.25, -0.2) is 9.67 Å². The Kier molecular flexibility index (Phi) is 4.31. The smallest absolute Gasteiger partial charge is 0.254 e. The molecule has 3 heterocycles. The monoisotopic (exact) mass is 387 g/mol. The zero-order chi connectivity index (χ0) is 19.8. The third kappa shape index (κ3) is 3.26. The number of fused-ring (bicyclic) bond motifs is 1. The van der Waals surface area contributed by atoms with E-state index >= 15 is 0 Å². The molecule has 1 aliphatic rings. The number of nitrogens with one attached hydrogen (secondary N) is 1. The topological polar surface area (TPSA) is 92.6 Å². The summed E-state index contributed by atoms with van der Waals surface area (Å²) in [5.41, 5.74) is 4.61. The first-order valence-corrected chi connectivity index (χ1v) is 9.80. The van der Waals surface area contributed by atoms with Gasteiger partial charge in [-0.3, -0.25) is 4.79 Å². The summed E-state index contributed by atoms with van der Waals surface area (Å²) in [4.78, 5) is 23.4. The van der Waals surface area contributed by atoms with E-state index < -0.39 is 0 Å². The Bertz CT molecular complexity index is 1150. The molecule has 8 heteroatoms. The zero-order valence-corrected chi connectivity index (χ0v) is 16.1. The number of carbonyl (C=O) groups excluding carboxylic acids is 1. The highest BCUT2D eigenvalue weighted by Gasteiger charge is 2.30. The van der Waals surface area contributed by atoms with Crippen LogP contribution >= 0.6 is 0 Å². The van der Waals surface area contributed by atoms with Crippen LogP contribution in [0.3, 0.4) is 0 Å². The van der Waals surface area contributed by atoms with Gasteiger partial charge < -0.3 is 9.88 Å². The van der Waals surface area contributed by atoms with E-state index in [2.05, 4.69) is 39.6 Å². The molecule has 1 aliphatic heterocycles. The van der Waals surface area contributed by atoms with Crippen molar-refractivity contribution in [2.45, 2.75) is 32.2 Å². The summed E-state index contributed by atoms with van der Waals surface area (Å²) in [6.45, 7) is 2.80. The second kappa shape index (κ2) is 7.12. The lowest BCUT2D eigenvalue weighted by atomic mass is 10.00. The molecule has 1 unspecified atom stereocenters. The molecule has 0 radical (unpaired) electrons. The Labute approximate surface area is 167 Å². The average Bonchev–Trinajstić information content (AvgIpc) is 3.43. The number of carbonyl (C=O) groups is 1. The van der Waals surface area contributed by atoms with Gasteiger partial charge in [0.15, 0.2) is 0 Å². The van der Waals surface area contributed by atoms with E-state index in [0.29, 0.717) is 5.56 Å². The van der Waals surface area contributed by atoms with Crippen molar-refractivity contribution in [1.29, 1.82) is 0 Å². The molecule has 0 saturated carbocycles. The van der Waals surface area contributed by atoms with Gasteiger partial charge in [0.2, 0.25) is 0 Å². The lowest BCUT2D eigenvalue weighted by molar-refractivity contribution is 0.0601. The van der Waals surface area contributed by atoms with Crippen molar-refractivity contribution in [2.75, 3.05) is 6.54 Å². The number of hydrogen-bond acceptors (Lipinski definition) is 5. The van der Waals surface area contributed by atoms with Crippen LogP contribution in [-0.2, 0) is 0 Å². The van der Waals surface area contributed by atoms with Crippen LogP contribution < -0.4 is 0 Å². The molecule has 0 bridgehead atoms. The first-order valence-electron chi connectivity index (χ1n) is 9.80. The first kappa shape index (κ1) is 17.5. The van der Waals surface area contributed by atoms with Gasteiger partial charge in [0.1, 0.15) is 12.2 Å². The number of benzene rings is 2. The third-order valence-corrected chi connectivity index (χ3v) is 5.46. The summed E-state index contributed by atoms with van der Waals surface area (Å²) in [5.74, 6) is 0.888. The summed E-state index contributed by atoms with van der Waals surface area (Å²) in [5, 5.41) is 11.2. The van der Waals surface area contributed by atoms with Crippen LogP contribution in [0.4, 0.5) is 0 Å². The van der Waals surface area contributed by atoms with E-state index in [1.807, 2.05) is 35.2 Å². The molecule has 1 fully saturated rings. The van der Waals surface area contributed by atoms with Crippen LogP contribution in [0.1, 0.15) is 47.1 Å². The lowest BCUT2D eigenvalue weighted by Crippen LogP contribution is -2.39. The largest absolute Gasteiger partial charge is 0.340 e. The normalized spacial score (nSPS) is 17.0. The molecule has 1 atom stereocenters. The number of H-pyrrole nitrogens is 1. The SMILES string of the molecule is Cc1ccc2nc(C3CCCCN3C(=O)c3ccc(-n4cnnn4)cc3)[nH]c2c1. The molecule has 2 aromatic heterocycles. The number of imidazole rings is 1. The second-order valence-electron chi connectivity index (χ2n) is 7.45. The van der Waals surface area contributed by atoms with Gasteiger partial charge in [0.25, 0.3) is 5.91 Å². The van der Waals surface area contributed by atoms with E-state index in [-0.39, 0.29) is 11.9 Å². The van der Waals surface area contributed by atoms with Gasteiger partial charge in [-0.05, 0) is 78.6 Å². The van der Waals surface area contributed by atoms with Crippen molar-refractivity contribution < 1.29 is 4.79 Å². The molecule has 2 aromatic carbocycles. The number of aromatic nitrogens is 6. The first-order chi connectivity index (χ1) is 14.2. The second-order valence-corrected chi connectivity index (χ2v) is 7.45. The number of piperidine rings is 1. The predicted octanol–water partition coefficient (Wildman–Crippen LogP) is 3.21. The van der Waals surface area contributed by atoms with Crippen molar-refractivity contribution in [3.05, 3.63) is 65.7 Å². The minimum Gasteiger partial charge on any atom is -0.340 e. The third-order valence-electron chi connectivity index (χ3n) is 5.46. The molecular weight excluding hydrogens is 366 g/mol. The summed E-state index contributed by atoms with van der Waals surface area (Å²) in [6, 6.07) is 13.5. The maximum Gasteiger partial charge on any atom is 0.254 e. The fraction of sp³-hybridized carbons (Fsp3) is 0.286. The molecule has 29 heavy (non-hydrogen) atoms. The maximum atomic E-state index is 13.3. The number of aryl methyl sites for hydroxylation is 1. The fourth-order valence-electron chi connectivity index (χ4n) is 3.96. The fourth-order valence-corrected chi connectivity index (χ4v) is 3.96. The van der Waals surface area contributed by atoms with E-state index in [1.165, 1.54) is 11.9 Å². The van der Waals surface area contributed by atoms with Crippen LogP contribution in [0.25, 0.3) is 16.7 Å². The van der Waals surface area contributed by atoms with E-state index in [9.17, 15) is 4.79 Å². The van der Waals surface area contributed by atoms with Crippen LogP contribution in [0.5, 0.6) is 0 Å². The molecule has 5 rings (SSSR count). The number of amides is 1. The standard InChI is InChI=1S/C21H21N7O/c1-14-5-10-17-18(12-14)24-20(23-17)19-4-2-3-11-27(19)21(29)15-6-8-16(9-7-15)28-13-22-25-26-28/h5-10,12-13,19H,2-4,11H2,1H3,(H,23,24). The van der Waals surface area contributed by atoms with Gasteiger partial charge in [0, 0.05) is 12.1 Å². The number of aromatic amines is 1. The van der Waals surface area contributed by atoms with Gasteiger partial charge in [-0.1, -0.05) is 6.07 Å². The lowest BCUT2D eigenvalue weighted by Gasteiger charge is -2.34.